The number of alkyl halides is 3. The zero-order valence-electron chi connectivity index (χ0n) is 16.8. The van der Waals surface area contributed by atoms with E-state index >= 15 is 0 Å². The Morgan fingerprint density at radius 3 is 1.94 bits per heavy atom. The standard InChI is InChI=1S/C23H18F3N3O2S/c1-15-7-9-16(10-8-15)20-21(17-11-13-19(14-12-17)32(27,30)31)29(18-5-3-2-4-6-18)28-22(20)23(24,25)26/h2-14H,1H3,(H2,27,30,31). The van der Waals surface area contributed by atoms with Crippen molar-refractivity contribution in [1.29, 1.82) is 0 Å². The van der Waals surface area contributed by atoms with Crippen LogP contribution >= 0.6 is 0 Å². The first kappa shape index (κ1) is 21.8. The van der Waals surface area contributed by atoms with E-state index in [1.807, 2.05) is 6.92 Å². The van der Waals surface area contributed by atoms with Gasteiger partial charge in [-0.3, -0.25) is 0 Å². The fourth-order valence-corrected chi connectivity index (χ4v) is 3.95. The number of aromatic nitrogens is 2. The van der Waals surface area contributed by atoms with Crippen LogP contribution in [-0.2, 0) is 16.2 Å². The molecular formula is C23H18F3N3O2S. The topological polar surface area (TPSA) is 78.0 Å². The second-order valence-corrected chi connectivity index (χ2v) is 8.81. The van der Waals surface area contributed by atoms with E-state index in [4.69, 9.17) is 5.14 Å². The maximum Gasteiger partial charge on any atom is 0.435 e. The Kier molecular flexibility index (Phi) is 5.39. The van der Waals surface area contributed by atoms with E-state index in [2.05, 4.69) is 5.10 Å². The second-order valence-electron chi connectivity index (χ2n) is 7.25. The summed E-state index contributed by atoms with van der Waals surface area (Å²) in [4.78, 5) is -0.139. The second kappa shape index (κ2) is 7.92. The number of nitrogens with zero attached hydrogens (tertiary/aromatic N) is 2. The van der Waals surface area contributed by atoms with Crippen molar-refractivity contribution in [3.63, 3.8) is 0 Å². The summed E-state index contributed by atoms with van der Waals surface area (Å²) in [5.74, 6) is 0. The van der Waals surface area contributed by atoms with Gasteiger partial charge in [-0.15, -0.1) is 0 Å². The minimum Gasteiger partial charge on any atom is -0.232 e. The number of sulfonamides is 1. The van der Waals surface area contributed by atoms with Crippen molar-refractivity contribution in [2.75, 3.05) is 0 Å². The third kappa shape index (κ3) is 4.17. The molecule has 1 heterocycles. The smallest absolute Gasteiger partial charge is 0.232 e. The van der Waals surface area contributed by atoms with Gasteiger partial charge in [0, 0.05) is 11.1 Å². The van der Waals surface area contributed by atoms with Crippen LogP contribution in [0.2, 0.25) is 0 Å². The van der Waals surface area contributed by atoms with Crippen molar-refractivity contribution in [1.82, 2.24) is 9.78 Å². The van der Waals surface area contributed by atoms with Gasteiger partial charge in [-0.2, -0.15) is 18.3 Å². The molecule has 4 rings (SSSR count). The largest absolute Gasteiger partial charge is 0.435 e. The van der Waals surface area contributed by atoms with Crippen LogP contribution in [0.4, 0.5) is 13.2 Å². The summed E-state index contributed by atoms with van der Waals surface area (Å²) < 4.78 is 66.8. The lowest BCUT2D eigenvalue weighted by atomic mass is 9.97. The molecule has 0 saturated heterocycles. The van der Waals surface area contributed by atoms with E-state index in [1.54, 1.807) is 54.6 Å². The molecule has 164 valence electrons. The first-order chi connectivity index (χ1) is 15.1. The van der Waals surface area contributed by atoms with Crippen molar-refractivity contribution in [3.05, 3.63) is 90.1 Å². The fourth-order valence-electron chi connectivity index (χ4n) is 3.44. The van der Waals surface area contributed by atoms with Gasteiger partial charge in [-0.05, 0) is 36.8 Å². The Balaban J connectivity index is 2.07. The zero-order chi connectivity index (χ0) is 23.1. The predicted molar refractivity (Wildman–Crippen MR) is 116 cm³/mol. The van der Waals surface area contributed by atoms with Crippen LogP contribution in [0.25, 0.3) is 28.1 Å². The van der Waals surface area contributed by atoms with Gasteiger partial charge in [-0.1, -0.05) is 60.2 Å². The molecule has 1 aromatic heterocycles. The van der Waals surface area contributed by atoms with E-state index in [0.717, 1.165) is 5.56 Å². The van der Waals surface area contributed by atoms with Crippen molar-refractivity contribution in [2.45, 2.75) is 18.0 Å². The summed E-state index contributed by atoms with van der Waals surface area (Å²) in [5, 5.41) is 9.12. The molecule has 2 N–H and O–H groups in total. The SMILES string of the molecule is Cc1ccc(-c2c(C(F)(F)F)nn(-c3ccccc3)c2-c2ccc(S(N)(=O)=O)cc2)cc1. The molecule has 0 saturated carbocycles. The molecule has 0 spiro atoms. The van der Waals surface area contributed by atoms with E-state index in [0.29, 0.717) is 16.8 Å². The molecule has 0 bridgehead atoms. The van der Waals surface area contributed by atoms with Crippen molar-refractivity contribution in [3.8, 4) is 28.1 Å². The summed E-state index contributed by atoms with van der Waals surface area (Å²) in [6.07, 6.45) is -4.71. The van der Waals surface area contributed by atoms with Gasteiger partial charge in [0.25, 0.3) is 0 Å². The number of halogens is 3. The Labute approximate surface area is 183 Å². The lowest BCUT2D eigenvalue weighted by Gasteiger charge is -2.12. The number of benzene rings is 3. The van der Waals surface area contributed by atoms with Gasteiger partial charge in [0.05, 0.1) is 16.3 Å². The molecule has 32 heavy (non-hydrogen) atoms. The van der Waals surface area contributed by atoms with Gasteiger partial charge in [0.1, 0.15) is 0 Å². The van der Waals surface area contributed by atoms with E-state index < -0.39 is 21.9 Å². The number of para-hydroxylation sites is 1. The highest BCUT2D eigenvalue weighted by Crippen LogP contribution is 2.43. The predicted octanol–water partition coefficient (Wildman–Crippen LogP) is 5.18. The van der Waals surface area contributed by atoms with E-state index in [9.17, 15) is 21.6 Å². The molecule has 9 heteroatoms. The van der Waals surface area contributed by atoms with Gasteiger partial charge in [0.2, 0.25) is 10.0 Å². The number of rotatable bonds is 4. The molecule has 0 amide bonds. The van der Waals surface area contributed by atoms with Gasteiger partial charge < -0.3 is 0 Å². The van der Waals surface area contributed by atoms with E-state index in [-0.39, 0.29) is 16.2 Å². The fraction of sp³-hybridized carbons (Fsp3) is 0.0870. The highest BCUT2D eigenvalue weighted by atomic mass is 32.2. The highest BCUT2D eigenvalue weighted by Gasteiger charge is 2.40. The number of primary sulfonamides is 1. The van der Waals surface area contributed by atoms with Crippen LogP contribution in [0.1, 0.15) is 11.3 Å². The van der Waals surface area contributed by atoms with Crippen molar-refractivity contribution in [2.24, 2.45) is 5.14 Å². The summed E-state index contributed by atoms with van der Waals surface area (Å²) in [5.41, 5.74) is 1.10. The molecule has 5 nitrogen and oxygen atoms in total. The Morgan fingerprint density at radius 2 is 1.41 bits per heavy atom. The maximum absolute atomic E-state index is 14.1. The van der Waals surface area contributed by atoms with E-state index in [1.165, 1.54) is 28.9 Å². The summed E-state index contributed by atoms with van der Waals surface area (Å²) in [6.45, 7) is 1.84. The zero-order valence-corrected chi connectivity index (χ0v) is 17.7. The average Bonchev–Trinajstić information content (AvgIpc) is 3.15. The summed E-state index contributed by atoms with van der Waals surface area (Å²) in [7, 11) is -3.95. The molecule has 0 atom stereocenters. The Hall–Kier alpha value is -3.43. The first-order valence-electron chi connectivity index (χ1n) is 9.51. The number of hydrogen-bond acceptors (Lipinski definition) is 3. The quantitative estimate of drug-likeness (QED) is 0.459. The number of aryl methyl sites for hydroxylation is 1. The molecule has 0 unspecified atom stereocenters. The molecule has 0 fully saturated rings. The van der Waals surface area contributed by atoms with Crippen LogP contribution in [0.5, 0.6) is 0 Å². The van der Waals surface area contributed by atoms with Gasteiger partial charge in [0.15, 0.2) is 5.69 Å². The summed E-state index contributed by atoms with van der Waals surface area (Å²) >= 11 is 0. The molecule has 0 aliphatic carbocycles. The third-order valence-electron chi connectivity index (χ3n) is 4.95. The maximum atomic E-state index is 14.1. The lowest BCUT2D eigenvalue weighted by molar-refractivity contribution is -0.140. The molecule has 3 aromatic carbocycles. The third-order valence-corrected chi connectivity index (χ3v) is 5.88. The Bertz CT molecular complexity index is 1360. The van der Waals surface area contributed by atoms with Gasteiger partial charge in [-0.25, -0.2) is 18.2 Å². The van der Waals surface area contributed by atoms with Crippen LogP contribution < -0.4 is 5.14 Å². The molecule has 0 radical (unpaired) electrons. The number of hydrogen-bond donors (Lipinski definition) is 1. The van der Waals surface area contributed by atoms with Crippen molar-refractivity contribution >= 4 is 10.0 Å². The van der Waals surface area contributed by atoms with Crippen LogP contribution in [-0.4, -0.2) is 18.2 Å². The number of nitrogens with two attached hydrogens (primary N) is 1. The Morgan fingerprint density at radius 1 is 0.844 bits per heavy atom. The molecule has 0 aliphatic rings. The van der Waals surface area contributed by atoms with Crippen molar-refractivity contribution < 1.29 is 21.6 Å². The normalized spacial score (nSPS) is 12.2. The van der Waals surface area contributed by atoms with Crippen LogP contribution in [0.15, 0.2) is 83.8 Å². The molecule has 0 aliphatic heterocycles. The highest BCUT2D eigenvalue weighted by molar-refractivity contribution is 7.89. The molecule has 4 aromatic rings. The van der Waals surface area contributed by atoms with Gasteiger partial charge >= 0.3 is 6.18 Å². The monoisotopic (exact) mass is 457 g/mol. The van der Waals surface area contributed by atoms with Crippen LogP contribution in [0, 0.1) is 6.92 Å². The lowest BCUT2D eigenvalue weighted by Crippen LogP contribution is -2.11. The minimum absolute atomic E-state index is 0.0929. The average molecular weight is 457 g/mol. The van der Waals surface area contributed by atoms with Crippen LogP contribution in [0.3, 0.4) is 0 Å². The molecular weight excluding hydrogens is 439 g/mol. The summed E-state index contributed by atoms with van der Waals surface area (Å²) in [6, 6.07) is 20.5. The first-order valence-corrected chi connectivity index (χ1v) is 11.1. The minimum atomic E-state index is -4.71.